The Balaban J connectivity index is 2.15. The van der Waals surface area contributed by atoms with Gasteiger partial charge >= 0.3 is 6.18 Å². The third-order valence-corrected chi connectivity index (χ3v) is 4.45. The maximum absolute atomic E-state index is 12.3. The van der Waals surface area contributed by atoms with E-state index < -0.39 is 18.3 Å². The molecule has 2 rings (SSSR count). The number of hydrogen-bond acceptors (Lipinski definition) is 4. The number of halogens is 5. The van der Waals surface area contributed by atoms with Crippen molar-refractivity contribution in [3.05, 3.63) is 42.4 Å². The fraction of sp³-hybridized carbons (Fsp3) is 0.273. The lowest BCUT2D eigenvalue weighted by molar-refractivity contribution is -0.143. The summed E-state index contributed by atoms with van der Waals surface area (Å²) in [4.78, 5) is 12.7. The minimum Gasteiger partial charge on any atom is -0.377 e. The molecule has 0 amide bonds. The Bertz CT molecular complexity index is 701. The number of aromatic nitrogens is 2. The Hall–Kier alpha value is -1.06. The molecule has 0 saturated carbocycles. The molecule has 0 bridgehead atoms. The standard InChI is InChI=1S/C11H8BrClF3N3OS/c12-6-1-7(21-4-6)2-17-8-3-18-19(5-11(14,15)16)10(20)9(8)13/h1,3-4,17H,2,5H2. The third-order valence-electron chi connectivity index (χ3n) is 2.39. The maximum Gasteiger partial charge on any atom is 0.408 e. The largest absolute Gasteiger partial charge is 0.408 e. The molecular weight excluding hydrogens is 395 g/mol. The first-order chi connectivity index (χ1) is 9.76. The van der Waals surface area contributed by atoms with Crippen LogP contribution in [-0.4, -0.2) is 16.0 Å². The van der Waals surface area contributed by atoms with E-state index in [1.165, 1.54) is 11.3 Å². The van der Waals surface area contributed by atoms with Crippen LogP contribution in [0.25, 0.3) is 0 Å². The fourth-order valence-electron chi connectivity index (χ4n) is 1.50. The molecule has 21 heavy (non-hydrogen) atoms. The number of alkyl halides is 3. The van der Waals surface area contributed by atoms with Gasteiger partial charge in [0.2, 0.25) is 0 Å². The molecule has 0 saturated heterocycles. The lowest BCUT2D eigenvalue weighted by Gasteiger charge is -2.11. The molecule has 0 fully saturated rings. The summed E-state index contributed by atoms with van der Waals surface area (Å²) in [5.41, 5.74) is -0.782. The topological polar surface area (TPSA) is 46.9 Å². The fourth-order valence-corrected chi connectivity index (χ4v) is 3.10. The highest BCUT2D eigenvalue weighted by Gasteiger charge is 2.29. The van der Waals surface area contributed by atoms with Gasteiger partial charge in [0, 0.05) is 21.3 Å². The lowest BCUT2D eigenvalue weighted by Crippen LogP contribution is -2.30. The van der Waals surface area contributed by atoms with Gasteiger partial charge in [0.1, 0.15) is 11.6 Å². The molecule has 114 valence electrons. The zero-order valence-corrected chi connectivity index (χ0v) is 13.4. The molecule has 0 radical (unpaired) electrons. The molecule has 0 aliphatic heterocycles. The highest BCUT2D eigenvalue weighted by atomic mass is 79.9. The van der Waals surface area contributed by atoms with Crippen LogP contribution in [0.2, 0.25) is 5.02 Å². The molecule has 1 N–H and O–H groups in total. The van der Waals surface area contributed by atoms with Crippen LogP contribution in [0, 0.1) is 0 Å². The molecule has 0 aliphatic carbocycles. The summed E-state index contributed by atoms with van der Waals surface area (Å²) in [7, 11) is 0. The summed E-state index contributed by atoms with van der Waals surface area (Å²) < 4.78 is 38.0. The van der Waals surface area contributed by atoms with Crippen molar-refractivity contribution >= 4 is 44.6 Å². The van der Waals surface area contributed by atoms with Crippen molar-refractivity contribution < 1.29 is 13.2 Å². The van der Waals surface area contributed by atoms with Crippen LogP contribution >= 0.6 is 38.9 Å². The van der Waals surface area contributed by atoms with E-state index >= 15 is 0 Å². The summed E-state index contributed by atoms with van der Waals surface area (Å²) in [6, 6.07) is 1.88. The van der Waals surface area contributed by atoms with Gasteiger partial charge in [-0.25, -0.2) is 4.68 Å². The molecule has 10 heteroatoms. The molecule has 2 aromatic heterocycles. The van der Waals surface area contributed by atoms with Crippen molar-refractivity contribution in [3.8, 4) is 0 Å². The molecule has 0 unspecified atom stereocenters. The molecule has 4 nitrogen and oxygen atoms in total. The van der Waals surface area contributed by atoms with Crippen LogP contribution in [0.4, 0.5) is 18.9 Å². The number of nitrogens with one attached hydrogen (secondary N) is 1. The van der Waals surface area contributed by atoms with Crippen LogP contribution in [0.3, 0.4) is 0 Å². The number of nitrogens with zero attached hydrogens (tertiary/aromatic N) is 2. The predicted octanol–water partition coefficient (Wildman–Crippen LogP) is 3.90. The summed E-state index contributed by atoms with van der Waals surface area (Å²) >= 11 is 10.6. The van der Waals surface area contributed by atoms with Crippen LogP contribution in [0.1, 0.15) is 4.88 Å². The van der Waals surface area contributed by atoms with Crippen molar-refractivity contribution in [1.29, 1.82) is 0 Å². The van der Waals surface area contributed by atoms with Gasteiger partial charge in [0.25, 0.3) is 5.56 Å². The highest BCUT2D eigenvalue weighted by Crippen LogP contribution is 2.23. The van der Waals surface area contributed by atoms with Crippen molar-refractivity contribution in [2.24, 2.45) is 0 Å². The Morgan fingerprint density at radius 1 is 1.48 bits per heavy atom. The van der Waals surface area contributed by atoms with Gasteiger partial charge in [-0.1, -0.05) is 11.6 Å². The molecule has 0 atom stereocenters. The molecule has 2 heterocycles. The van der Waals surface area contributed by atoms with Crippen molar-refractivity contribution in [2.45, 2.75) is 19.3 Å². The first-order valence-electron chi connectivity index (χ1n) is 5.55. The number of hydrogen-bond donors (Lipinski definition) is 1. The number of thiophene rings is 1. The second-order valence-corrected chi connectivity index (χ2v) is 6.32. The number of rotatable bonds is 4. The first-order valence-corrected chi connectivity index (χ1v) is 7.60. The molecule has 0 spiro atoms. The van der Waals surface area contributed by atoms with Gasteiger partial charge in [-0.3, -0.25) is 4.79 Å². The average molecular weight is 403 g/mol. The molecule has 0 aromatic carbocycles. The van der Waals surface area contributed by atoms with Gasteiger partial charge < -0.3 is 5.32 Å². The van der Waals surface area contributed by atoms with E-state index in [1.54, 1.807) is 0 Å². The smallest absolute Gasteiger partial charge is 0.377 e. The highest BCUT2D eigenvalue weighted by molar-refractivity contribution is 9.10. The molecule has 2 aromatic rings. The quantitative estimate of drug-likeness (QED) is 0.844. The minimum absolute atomic E-state index is 0.199. The first kappa shape index (κ1) is 16.3. The van der Waals surface area contributed by atoms with Gasteiger partial charge in [0.05, 0.1) is 11.9 Å². The van der Waals surface area contributed by atoms with E-state index in [9.17, 15) is 18.0 Å². The van der Waals surface area contributed by atoms with Crippen molar-refractivity contribution in [1.82, 2.24) is 9.78 Å². The SMILES string of the molecule is O=c1c(Cl)c(NCc2cc(Br)cs2)cnn1CC(F)(F)F. The zero-order valence-electron chi connectivity index (χ0n) is 10.2. The van der Waals surface area contributed by atoms with Gasteiger partial charge in [-0.15, -0.1) is 11.3 Å². The Morgan fingerprint density at radius 2 is 2.19 bits per heavy atom. The summed E-state index contributed by atoms with van der Waals surface area (Å²) in [5.74, 6) is 0. The predicted molar refractivity (Wildman–Crippen MR) is 78.9 cm³/mol. The van der Waals surface area contributed by atoms with Crippen molar-refractivity contribution in [3.63, 3.8) is 0 Å². The monoisotopic (exact) mass is 401 g/mol. The second-order valence-electron chi connectivity index (χ2n) is 4.03. The minimum atomic E-state index is -4.53. The van der Waals surface area contributed by atoms with Crippen LogP contribution < -0.4 is 10.9 Å². The van der Waals surface area contributed by atoms with Crippen molar-refractivity contribution in [2.75, 3.05) is 5.32 Å². The van der Waals surface area contributed by atoms with Crippen LogP contribution in [0.5, 0.6) is 0 Å². The third kappa shape index (κ3) is 4.45. The van der Waals surface area contributed by atoms with E-state index in [2.05, 4.69) is 26.3 Å². The molecule has 0 aliphatic rings. The average Bonchev–Trinajstić information content (AvgIpc) is 2.79. The van der Waals surface area contributed by atoms with E-state index in [0.717, 1.165) is 15.5 Å². The Labute approximate surface area is 134 Å². The van der Waals surface area contributed by atoms with E-state index in [4.69, 9.17) is 11.6 Å². The lowest BCUT2D eigenvalue weighted by atomic mass is 10.4. The van der Waals surface area contributed by atoms with Crippen LogP contribution in [-0.2, 0) is 13.1 Å². The van der Waals surface area contributed by atoms with E-state index in [0.29, 0.717) is 6.54 Å². The Kier molecular flexibility index (Phi) is 4.95. The Morgan fingerprint density at radius 3 is 2.76 bits per heavy atom. The normalized spacial score (nSPS) is 11.7. The number of anilines is 1. The maximum atomic E-state index is 12.3. The van der Waals surface area contributed by atoms with Gasteiger partial charge in [-0.05, 0) is 22.0 Å². The zero-order chi connectivity index (χ0) is 15.6. The van der Waals surface area contributed by atoms with Gasteiger partial charge in [0.15, 0.2) is 0 Å². The van der Waals surface area contributed by atoms with E-state index in [-0.39, 0.29) is 15.4 Å². The summed E-state index contributed by atoms with van der Waals surface area (Å²) in [6.45, 7) is -1.08. The molecular formula is C11H8BrClF3N3OS. The summed E-state index contributed by atoms with van der Waals surface area (Å²) in [6.07, 6.45) is -3.42. The van der Waals surface area contributed by atoms with Gasteiger partial charge in [-0.2, -0.15) is 18.3 Å². The second kappa shape index (κ2) is 6.37. The summed E-state index contributed by atoms with van der Waals surface area (Å²) in [5, 5.41) is 7.92. The van der Waals surface area contributed by atoms with Crippen LogP contribution in [0.15, 0.2) is 26.9 Å². The van der Waals surface area contributed by atoms with E-state index in [1.807, 2.05) is 11.4 Å².